The van der Waals surface area contributed by atoms with Crippen molar-refractivity contribution in [1.82, 2.24) is 0 Å². The Morgan fingerprint density at radius 2 is 2.00 bits per heavy atom. The summed E-state index contributed by atoms with van der Waals surface area (Å²) in [5, 5.41) is 0. The number of nitrogens with two attached hydrogens (primary N) is 1. The van der Waals surface area contributed by atoms with Gasteiger partial charge in [-0.3, -0.25) is 0 Å². The van der Waals surface area contributed by atoms with E-state index in [1.807, 2.05) is 12.1 Å². The van der Waals surface area contributed by atoms with Crippen molar-refractivity contribution in [2.75, 3.05) is 0 Å². The molecule has 0 saturated heterocycles. The van der Waals surface area contributed by atoms with Crippen molar-refractivity contribution in [3.63, 3.8) is 0 Å². The first-order chi connectivity index (χ1) is 5.65. The molecule has 0 aromatic heterocycles. The van der Waals surface area contributed by atoms with Crippen molar-refractivity contribution in [2.24, 2.45) is 5.73 Å². The Hall–Kier alpha value is 0.140. The van der Waals surface area contributed by atoms with Crippen LogP contribution in [0.1, 0.15) is 24.9 Å². The standard InChI is InChI=1S/C9H11Br2N/c1-2-9(12)6-3-4-7(10)8(11)5-6/h3-5,9H,2,12H2,1H3. The Labute approximate surface area is 89.6 Å². The minimum atomic E-state index is 0.148. The lowest BCUT2D eigenvalue weighted by Gasteiger charge is -2.09. The van der Waals surface area contributed by atoms with Crippen LogP contribution in [0.4, 0.5) is 0 Å². The summed E-state index contributed by atoms with van der Waals surface area (Å²) in [7, 11) is 0. The maximum Gasteiger partial charge on any atom is 0.0320 e. The highest BCUT2D eigenvalue weighted by atomic mass is 79.9. The molecule has 1 atom stereocenters. The van der Waals surface area contributed by atoms with Gasteiger partial charge in [-0.05, 0) is 56.0 Å². The third kappa shape index (κ3) is 2.31. The van der Waals surface area contributed by atoms with E-state index in [9.17, 15) is 0 Å². The van der Waals surface area contributed by atoms with Crippen LogP contribution in [0, 0.1) is 0 Å². The van der Waals surface area contributed by atoms with Gasteiger partial charge in [0.1, 0.15) is 0 Å². The second-order valence-electron chi connectivity index (χ2n) is 2.69. The predicted octanol–water partition coefficient (Wildman–Crippen LogP) is 3.62. The van der Waals surface area contributed by atoms with Crippen LogP contribution >= 0.6 is 31.9 Å². The molecule has 3 heteroatoms. The minimum absolute atomic E-state index is 0.148. The third-order valence-corrected chi connectivity index (χ3v) is 3.69. The van der Waals surface area contributed by atoms with Crippen LogP contribution in [0.3, 0.4) is 0 Å². The van der Waals surface area contributed by atoms with E-state index < -0.39 is 0 Å². The fourth-order valence-electron chi connectivity index (χ4n) is 0.979. The van der Waals surface area contributed by atoms with E-state index in [-0.39, 0.29) is 6.04 Å². The monoisotopic (exact) mass is 291 g/mol. The molecule has 0 fully saturated rings. The van der Waals surface area contributed by atoms with Crippen LogP contribution in [0.2, 0.25) is 0 Å². The molecule has 0 aliphatic heterocycles. The first kappa shape index (κ1) is 10.2. The smallest absolute Gasteiger partial charge is 0.0320 e. The van der Waals surface area contributed by atoms with E-state index >= 15 is 0 Å². The number of hydrogen-bond acceptors (Lipinski definition) is 1. The van der Waals surface area contributed by atoms with Crippen LogP contribution < -0.4 is 5.73 Å². The van der Waals surface area contributed by atoms with E-state index in [0.717, 1.165) is 15.4 Å². The zero-order valence-electron chi connectivity index (χ0n) is 6.85. The lowest BCUT2D eigenvalue weighted by molar-refractivity contribution is 0.698. The highest BCUT2D eigenvalue weighted by Gasteiger charge is 2.04. The molecule has 0 heterocycles. The SMILES string of the molecule is CCC(N)c1ccc(Br)c(Br)c1. The van der Waals surface area contributed by atoms with E-state index in [1.165, 1.54) is 5.56 Å². The zero-order valence-corrected chi connectivity index (χ0v) is 10.0. The Balaban J connectivity index is 2.96. The van der Waals surface area contributed by atoms with Crippen molar-refractivity contribution in [2.45, 2.75) is 19.4 Å². The fourth-order valence-corrected chi connectivity index (χ4v) is 1.62. The number of benzene rings is 1. The molecule has 66 valence electrons. The van der Waals surface area contributed by atoms with Gasteiger partial charge in [0.25, 0.3) is 0 Å². The summed E-state index contributed by atoms with van der Waals surface area (Å²) in [5.41, 5.74) is 7.05. The van der Waals surface area contributed by atoms with E-state index in [2.05, 4.69) is 44.8 Å². The molecule has 0 radical (unpaired) electrons. The molecule has 0 spiro atoms. The molecule has 1 aromatic carbocycles. The third-order valence-electron chi connectivity index (χ3n) is 1.81. The average molecular weight is 293 g/mol. The molecule has 0 aliphatic rings. The zero-order chi connectivity index (χ0) is 9.14. The highest BCUT2D eigenvalue weighted by Crippen LogP contribution is 2.26. The Morgan fingerprint density at radius 3 is 2.50 bits per heavy atom. The summed E-state index contributed by atoms with van der Waals surface area (Å²) in [5.74, 6) is 0. The topological polar surface area (TPSA) is 26.0 Å². The maximum atomic E-state index is 5.88. The van der Waals surface area contributed by atoms with Gasteiger partial charge in [-0.1, -0.05) is 13.0 Å². The van der Waals surface area contributed by atoms with Crippen molar-refractivity contribution in [1.29, 1.82) is 0 Å². The van der Waals surface area contributed by atoms with Gasteiger partial charge in [-0.25, -0.2) is 0 Å². The molecule has 0 aliphatic carbocycles. The van der Waals surface area contributed by atoms with Gasteiger partial charge in [0.2, 0.25) is 0 Å². The number of rotatable bonds is 2. The van der Waals surface area contributed by atoms with Crippen molar-refractivity contribution >= 4 is 31.9 Å². The Kier molecular flexibility index (Phi) is 3.75. The van der Waals surface area contributed by atoms with Gasteiger partial charge < -0.3 is 5.73 Å². The van der Waals surface area contributed by atoms with E-state index in [0.29, 0.717) is 0 Å². The molecule has 12 heavy (non-hydrogen) atoms. The van der Waals surface area contributed by atoms with E-state index in [1.54, 1.807) is 0 Å². The second-order valence-corrected chi connectivity index (χ2v) is 4.40. The second kappa shape index (κ2) is 4.40. The fraction of sp³-hybridized carbons (Fsp3) is 0.333. The van der Waals surface area contributed by atoms with E-state index in [4.69, 9.17) is 5.73 Å². The summed E-state index contributed by atoms with van der Waals surface area (Å²) >= 11 is 6.85. The largest absolute Gasteiger partial charge is 0.324 e. The maximum absolute atomic E-state index is 5.88. The normalized spacial score (nSPS) is 13.0. The van der Waals surface area contributed by atoms with Crippen LogP contribution in [0.15, 0.2) is 27.1 Å². The summed E-state index contributed by atoms with van der Waals surface area (Å²) in [6.45, 7) is 2.08. The summed E-state index contributed by atoms with van der Waals surface area (Å²) in [6.07, 6.45) is 0.966. The molecule has 1 aromatic rings. The average Bonchev–Trinajstić information content (AvgIpc) is 2.08. The number of hydrogen-bond donors (Lipinski definition) is 1. The van der Waals surface area contributed by atoms with Gasteiger partial charge in [0, 0.05) is 15.0 Å². The molecule has 0 bridgehead atoms. The number of halogens is 2. The Bertz CT molecular complexity index is 273. The van der Waals surface area contributed by atoms with Gasteiger partial charge >= 0.3 is 0 Å². The van der Waals surface area contributed by atoms with Gasteiger partial charge in [-0.2, -0.15) is 0 Å². The van der Waals surface area contributed by atoms with Gasteiger partial charge in [0.15, 0.2) is 0 Å². The molecule has 1 rings (SSSR count). The summed E-state index contributed by atoms with van der Waals surface area (Å²) in [4.78, 5) is 0. The van der Waals surface area contributed by atoms with Crippen LogP contribution in [0.5, 0.6) is 0 Å². The minimum Gasteiger partial charge on any atom is -0.324 e. The van der Waals surface area contributed by atoms with Gasteiger partial charge in [-0.15, -0.1) is 0 Å². The summed E-state index contributed by atoms with van der Waals surface area (Å²) in [6, 6.07) is 6.25. The molecule has 2 N–H and O–H groups in total. The molecular weight excluding hydrogens is 282 g/mol. The summed E-state index contributed by atoms with van der Waals surface area (Å²) < 4.78 is 2.12. The molecule has 1 nitrogen and oxygen atoms in total. The lowest BCUT2D eigenvalue weighted by atomic mass is 10.1. The van der Waals surface area contributed by atoms with Gasteiger partial charge in [0.05, 0.1) is 0 Å². The first-order valence-electron chi connectivity index (χ1n) is 3.85. The van der Waals surface area contributed by atoms with Crippen LogP contribution in [-0.2, 0) is 0 Å². The molecule has 0 saturated carbocycles. The van der Waals surface area contributed by atoms with Crippen molar-refractivity contribution in [3.8, 4) is 0 Å². The highest BCUT2D eigenvalue weighted by molar-refractivity contribution is 9.13. The van der Waals surface area contributed by atoms with Crippen molar-refractivity contribution < 1.29 is 0 Å². The van der Waals surface area contributed by atoms with Crippen LogP contribution in [0.25, 0.3) is 0 Å². The molecule has 0 amide bonds. The molecular formula is C9H11Br2N. The van der Waals surface area contributed by atoms with Crippen molar-refractivity contribution in [3.05, 3.63) is 32.7 Å². The Morgan fingerprint density at radius 1 is 1.33 bits per heavy atom. The lowest BCUT2D eigenvalue weighted by Crippen LogP contribution is -2.08. The quantitative estimate of drug-likeness (QED) is 0.885. The molecule has 1 unspecified atom stereocenters. The van der Waals surface area contributed by atoms with Crippen LogP contribution in [-0.4, -0.2) is 0 Å². The first-order valence-corrected chi connectivity index (χ1v) is 5.44. The predicted molar refractivity (Wildman–Crippen MR) is 59.1 cm³/mol.